The summed E-state index contributed by atoms with van der Waals surface area (Å²) in [6.07, 6.45) is 0.876. The van der Waals surface area contributed by atoms with Gasteiger partial charge in [-0.2, -0.15) is 0 Å². The van der Waals surface area contributed by atoms with Crippen LogP contribution < -0.4 is 9.47 Å². The molecule has 0 saturated carbocycles. The smallest absolute Gasteiger partial charge is 0.160 e. The number of para-hydroxylation sites is 2. The number of imidazole rings is 1. The first-order valence-corrected chi connectivity index (χ1v) is 9.02. The van der Waals surface area contributed by atoms with Crippen LogP contribution >= 0.6 is 0 Å². The SMILES string of the molecule is COc1ccc(CCn2c(-c3ccccc3)nc3ccccc32)cc1OC. The van der Waals surface area contributed by atoms with Gasteiger partial charge in [0.25, 0.3) is 0 Å². The highest BCUT2D eigenvalue weighted by atomic mass is 16.5. The molecule has 136 valence electrons. The van der Waals surface area contributed by atoms with Gasteiger partial charge < -0.3 is 14.0 Å². The molecule has 1 heterocycles. The number of fused-ring (bicyclic) bond motifs is 1. The molecule has 0 bridgehead atoms. The van der Waals surface area contributed by atoms with E-state index in [1.54, 1.807) is 14.2 Å². The zero-order valence-electron chi connectivity index (χ0n) is 15.6. The van der Waals surface area contributed by atoms with Crippen LogP contribution in [0.2, 0.25) is 0 Å². The minimum Gasteiger partial charge on any atom is -0.493 e. The van der Waals surface area contributed by atoms with E-state index >= 15 is 0 Å². The Kier molecular flexibility index (Phi) is 4.79. The molecular formula is C23H22N2O2. The number of methoxy groups -OCH3 is 2. The number of hydrogen-bond donors (Lipinski definition) is 0. The minimum atomic E-state index is 0.749. The van der Waals surface area contributed by atoms with Gasteiger partial charge in [0.05, 0.1) is 25.3 Å². The van der Waals surface area contributed by atoms with Crippen LogP contribution in [0.3, 0.4) is 0 Å². The van der Waals surface area contributed by atoms with Gasteiger partial charge in [0, 0.05) is 12.1 Å². The summed E-state index contributed by atoms with van der Waals surface area (Å²) < 4.78 is 13.1. The monoisotopic (exact) mass is 358 g/mol. The maximum Gasteiger partial charge on any atom is 0.160 e. The number of nitrogens with zero attached hydrogens (tertiary/aromatic N) is 2. The molecular weight excluding hydrogens is 336 g/mol. The van der Waals surface area contributed by atoms with Crippen LogP contribution in [0.25, 0.3) is 22.4 Å². The fraction of sp³-hybridized carbons (Fsp3) is 0.174. The van der Waals surface area contributed by atoms with Gasteiger partial charge >= 0.3 is 0 Å². The molecule has 27 heavy (non-hydrogen) atoms. The Morgan fingerprint density at radius 3 is 2.33 bits per heavy atom. The Bertz CT molecular complexity index is 1050. The molecule has 4 nitrogen and oxygen atoms in total. The van der Waals surface area contributed by atoms with Crippen molar-refractivity contribution in [2.24, 2.45) is 0 Å². The molecule has 0 N–H and O–H groups in total. The Morgan fingerprint density at radius 1 is 0.815 bits per heavy atom. The van der Waals surface area contributed by atoms with Crippen LogP contribution in [0, 0.1) is 0 Å². The van der Waals surface area contributed by atoms with E-state index in [0.717, 1.165) is 46.9 Å². The third-order valence-electron chi connectivity index (χ3n) is 4.76. The van der Waals surface area contributed by atoms with Crippen LogP contribution in [0.15, 0.2) is 72.8 Å². The van der Waals surface area contributed by atoms with Gasteiger partial charge in [-0.15, -0.1) is 0 Å². The molecule has 0 unspecified atom stereocenters. The minimum absolute atomic E-state index is 0.749. The van der Waals surface area contributed by atoms with E-state index in [9.17, 15) is 0 Å². The van der Waals surface area contributed by atoms with E-state index in [4.69, 9.17) is 14.5 Å². The molecule has 0 atom stereocenters. The standard InChI is InChI=1S/C23H22N2O2/c1-26-21-13-12-17(16-22(21)27-2)14-15-25-20-11-7-6-10-19(20)24-23(25)18-8-4-3-5-9-18/h3-13,16H,14-15H2,1-2H3. The van der Waals surface area contributed by atoms with Crippen LogP contribution in [0.1, 0.15) is 5.56 Å². The molecule has 3 aromatic carbocycles. The van der Waals surface area contributed by atoms with E-state index in [1.807, 2.05) is 36.4 Å². The number of hydrogen-bond acceptors (Lipinski definition) is 3. The Balaban J connectivity index is 1.69. The average Bonchev–Trinajstić information content (AvgIpc) is 3.11. The lowest BCUT2D eigenvalue weighted by atomic mass is 10.1. The van der Waals surface area contributed by atoms with Gasteiger partial charge in [0.2, 0.25) is 0 Å². The van der Waals surface area contributed by atoms with Crippen molar-refractivity contribution in [3.8, 4) is 22.9 Å². The molecule has 4 aromatic rings. The Morgan fingerprint density at radius 2 is 1.56 bits per heavy atom. The van der Waals surface area contributed by atoms with Gasteiger partial charge in [-0.25, -0.2) is 4.98 Å². The van der Waals surface area contributed by atoms with Crippen molar-refractivity contribution in [1.29, 1.82) is 0 Å². The summed E-state index contributed by atoms with van der Waals surface area (Å²) in [4.78, 5) is 4.87. The second-order valence-corrected chi connectivity index (χ2v) is 6.38. The Labute approximate surface area is 159 Å². The van der Waals surface area contributed by atoms with Gasteiger partial charge in [-0.05, 0) is 36.2 Å². The van der Waals surface area contributed by atoms with E-state index < -0.39 is 0 Å². The maximum atomic E-state index is 5.43. The first-order chi connectivity index (χ1) is 13.3. The molecule has 0 aliphatic carbocycles. The van der Waals surface area contributed by atoms with Gasteiger partial charge in [-0.1, -0.05) is 48.5 Å². The quantitative estimate of drug-likeness (QED) is 0.489. The van der Waals surface area contributed by atoms with Crippen molar-refractivity contribution < 1.29 is 9.47 Å². The highest BCUT2D eigenvalue weighted by molar-refractivity contribution is 5.80. The normalized spacial score (nSPS) is 10.9. The summed E-state index contributed by atoms with van der Waals surface area (Å²) in [6.45, 7) is 0.834. The second-order valence-electron chi connectivity index (χ2n) is 6.38. The largest absolute Gasteiger partial charge is 0.493 e. The van der Waals surface area contributed by atoms with Gasteiger partial charge in [0.1, 0.15) is 5.82 Å². The summed E-state index contributed by atoms with van der Waals surface area (Å²) in [7, 11) is 3.32. The Hall–Kier alpha value is -3.27. The van der Waals surface area contributed by atoms with Crippen molar-refractivity contribution in [1.82, 2.24) is 9.55 Å². The maximum absolute atomic E-state index is 5.43. The lowest BCUT2D eigenvalue weighted by molar-refractivity contribution is 0.354. The van der Waals surface area contributed by atoms with Crippen molar-refractivity contribution in [3.05, 3.63) is 78.4 Å². The predicted octanol–water partition coefficient (Wildman–Crippen LogP) is 4.96. The lowest BCUT2D eigenvalue weighted by Crippen LogP contribution is -2.04. The number of aromatic nitrogens is 2. The molecule has 0 aliphatic heterocycles. The highest BCUT2D eigenvalue weighted by Gasteiger charge is 2.12. The fourth-order valence-corrected chi connectivity index (χ4v) is 3.39. The third-order valence-corrected chi connectivity index (χ3v) is 4.76. The summed E-state index contributed by atoms with van der Waals surface area (Å²) in [5.41, 5.74) is 4.49. The van der Waals surface area contributed by atoms with Gasteiger partial charge in [-0.3, -0.25) is 0 Å². The summed E-state index contributed by atoms with van der Waals surface area (Å²) in [6, 6.07) is 24.7. The average molecular weight is 358 g/mol. The number of rotatable bonds is 6. The fourth-order valence-electron chi connectivity index (χ4n) is 3.39. The summed E-state index contributed by atoms with van der Waals surface area (Å²) in [5, 5.41) is 0. The summed E-state index contributed by atoms with van der Waals surface area (Å²) in [5.74, 6) is 2.50. The van der Waals surface area contributed by atoms with Crippen molar-refractivity contribution in [2.45, 2.75) is 13.0 Å². The number of benzene rings is 3. The zero-order valence-corrected chi connectivity index (χ0v) is 15.6. The third kappa shape index (κ3) is 3.38. The second kappa shape index (κ2) is 7.54. The number of aryl methyl sites for hydroxylation is 2. The van der Waals surface area contributed by atoms with Crippen molar-refractivity contribution >= 4 is 11.0 Å². The van der Waals surface area contributed by atoms with Crippen LogP contribution in [0.4, 0.5) is 0 Å². The van der Waals surface area contributed by atoms with E-state index in [2.05, 4.69) is 41.0 Å². The van der Waals surface area contributed by atoms with Crippen LogP contribution in [-0.2, 0) is 13.0 Å². The molecule has 4 rings (SSSR count). The molecule has 0 spiro atoms. The molecule has 0 saturated heterocycles. The molecule has 1 aromatic heterocycles. The first-order valence-electron chi connectivity index (χ1n) is 9.02. The predicted molar refractivity (Wildman–Crippen MR) is 108 cm³/mol. The van der Waals surface area contributed by atoms with Crippen molar-refractivity contribution in [3.63, 3.8) is 0 Å². The van der Waals surface area contributed by atoms with Gasteiger partial charge in [0.15, 0.2) is 11.5 Å². The molecule has 4 heteroatoms. The summed E-state index contributed by atoms with van der Waals surface area (Å²) >= 11 is 0. The number of ether oxygens (including phenoxy) is 2. The van der Waals surface area contributed by atoms with E-state index in [0.29, 0.717) is 0 Å². The van der Waals surface area contributed by atoms with E-state index in [1.165, 1.54) is 5.56 Å². The lowest BCUT2D eigenvalue weighted by Gasteiger charge is -2.12. The van der Waals surface area contributed by atoms with Crippen LogP contribution in [-0.4, -0.2) is 23.8 Å². The molecule has 0 amide bonds. The molecule has 0 radical (unpaired) electrons. The molecule has 0 fully saturated rings. The highest BCUT2D eigenvalue weighted by Crippen LogP contribution is 2.29. The van der Waals surface area contributed by atoms with Crippen molar-refractivity contribution in [2.75, 3.05) is 14.2 Å². The topological polar surface area (TPSA) is 36.3 Å². The first kappa shape index (κ1) is 17.2. The zero-order chi connectivity index (χ0) is 18.6. The van der Waals surface area contributed by atoms with E-state index in [-0.39, 0.29) is 0 Å². The van der Waals surface area contributed by atoms with Crippen LogP contribution in [0.5, 0.6) is 11.5 Å². The molecule has 0 aliphatic rings.